The number of aryl methyl sites for hydroxylation is 2. The van der Waals surface area contributed by atoms with Gasteiger partial charge in [0.15, 0.2) is 0 Å². The molecule has 4 N–H and O–H groups in total. The van der Waals surface area contributed by atoms with Crippen LogP contribution in [0, 0.1) is 13.8 Å². The lowest BCUT2D eigenvalue weighted by molar-refractivity contribution is 0.100. The van der Waals surface area contributed by atoms with Gasteiger partial charge >= 0.3 is 0 Å². The van der Waals surface area contributed by atoms with Crippen molar-refractivity contribution < 1.29 is 4.79 Å². The molecule has 0 aliphatic carbocycles. The summed E-state index contributed by atoms with van der Waals surface area (Å²) in [6.45, 7) is 7.80. The number of nitrogens with two attached hydrogens (primary N) is 2. The van der Waals surface area contributed by atoms with Crippen LogP contribution in [0.25, 0.3) is 10.2 Å². The van der Waals surface area contributed by atoms with E-state index in [2.05, 4.69) is 28.6 Å². The number of pyridine rings is 1. The third kappa shape index (κ3) is 4.85. The monoisotopic (exact) mass is 483 g/mol. The highest BCUT2D eigenvalue weighted by Gasteiger charge is 2.25. The first-order chi connectivity index (χ1) is 14.0. The third-order valence-electron chi connectivity index (χ3n) is 5.35. The number of piperazine rings is 1. The second-order valence-corrected chi connectivity index (χ2v) is 8.38. The number of rotatable bonds is 5. The van der Waals surface area contributed by atoms with E-state index in [0.29, 0.717) is 24.3 Å². The van der Waals surface area contributed by atoms with Gasteiger partial charge in [0.1, 0.15) is 22.3 Å². The topological polar surface area (TPSA) is 114 Å². The summed E-state index contributed by atoms with van der Waals surface area (Å²) in [4.78, 5) is 32.4. The number of hydrogen-bond acceptors (Lipinski definition) is 8. The number of primary amides is 1. The lowest BCUT2D eigenvalue weighted by Gasteiger charge is -2.37. The molecule has 168 valence electrons. The maximum atomic E-state index is 11.8. The molecule has 31 heavy (non-hydrogen) atoms. The van der Waals surface area contributed by atoms with Crippen LogP contribution < -0.4 is 21.3 Å². The van der Waals surface area contributed by atoms with Gasteiger partial charge in [-0.2, -0.15) is 0 Å². The largest absolute Gasteiger partial charge is 0.365 e. The zero-order valence-electron chi connectivity index (χ0n) is 17.5. The van der Waals surface area contributed by atoms with Gasteiger partial charge in [-0.25, -0.2) is 15.0 Å². The van der Waals surface area contributed by atoms with E-state index in [4.69, 9.17) is 21.4 Å². The Hall–Kier alpha value is -2.20. The molecular weight excluding hydrogens is 457 g/mol. The van der Waals surface area contributed by atoms with Crippen LogP contribution in [-0.2, 0) is 6.42 Å². The minimum Gasteiger partial charge on any atom is -0.365 e. The van der Waals surface area contributed by atoms with Crippen molar-refractivity contribution in [1.82, 2.24) is 15.0 Å². The molecule has 1 aliphatic rings. The van der Waals surface area contributed by atoms with Gasteiger partial charge in [0.2, 0.25) is 0 Å². The second kappa shape index (κ2) is 10.4. The molecule has 8 nitrogen and oxygen atoms in total. The number of carbonyl (C=O) groups excluding carboxylic acids is 1. The normalized spacial score (nSPS) is 13.6. The Morgan fingerprint density at radius 3 is 2.35 bits per heavy atom. The van der Waals surface area contributed by atoms with Gasteiger partial charge < -0.3 is 21.3 Å². The van der Waals surface area contributed by atoms with Crippen molar-refractivity contribution >= 4 is 63.9 Å². The summed E-state index contributed by atoms with van der Waals surface area (Å²) >= 11 is 1.71. The van der Waals surface area contributed by atoms with Crippen LogP contribution in [-0.4, -0.2) is 53.6 Å². The number of carbonyl (C=O) groups is 1. The van der Waals surface area contributed by atoms with E-state index in [1.807, 2.05) is 0 Å². The van der Waals surface area contributed by atoms with Crippen LogP contribution in [0.5, 0.6) is 0 Å². The van der Waals surface area contributed by atoms with E-state index in [0.717, 1.165) is 48.0 Å². The van der Waals surface area contributed by atoms with E-state index in [1.165, 1.54) is 10.4 Å². The first-order valence-corrected chi connectivity index (χ1v) is 10.5. The van der Waals surface area contributed by atoms with Crippen molar-refractivity contribution in [1.29, 1.82) is 0 Å². The highest BCUT2D eigenvalue weighted by molar-refractivity contribution is 7.18. The fraction of sp³-hybridized carbons (Fsp3) is 0.400. The molecule has 0 atom stereocenters. The van der Waals surface area contributed by atoms with Crippen molar-refractivity contribution in [2.75, 3.05) is 42.5 Å². The average Bonchev–Trinajstić information content (AvgIpc) is 3.01. The van der Waals surface area contributed by atoms with Crippen LogP contribution >= 0.6 is 36.2 Å². The summed E-state index contributed by atoms with van der Waals surface area (Å²) in [5.74, 6) is 1.97. The summed E-state index contributed by atoms with van der Waals surface area (Å²) in [6.07, 6.45) is 2.35. The zero-order valence-corrected chi connectivity index (χ0v) is 19.9. The maximum absolute atomic E-state index is 11.8. The number of halogens is 2. The van der Waals surface area contributed by atoms with Gasteiger partial charge in [-0.15, -0.1) is 36.2 Å². The molecule has 11 heteroatoms. The summed E-state index contributed by atoms with van der Waals surface area (Å²) in [7, 11) is 0. The Labute approximate surface area is 197 Å². The van der Waals surface area contributed by atoms with Gasteiger partial charge in [0, 0.05) is 43.7 Å². The van der Waals surface area contributed by atoms with Gasteiger partial charge in [0.25, 0.3) is 5.91 Å². The summed E-state index contributed by atoms with van der Waals surface area (Å²) in [5, 5.41) is 1.14. The van der Waals surface area contributed by atoms with E-state index in [9.17, 15) is 4.79 Å². The minimum absolute atomic E-state index is 0. The minimum atomic E-state index is -0.455. The van der Waals surface area contributed by atoms with Crippen LogP contribution in [0.15, 0.2) is 18.3 Å². The zero-order chi connectivity index (χ0) is 20.5. The Morgan fingerprint density at radius 2 is 1.74 bits per heavy atom. The Morgan fingerprint density at radius 1 is 1.10 bits per heavy atom. The van der Waals surface area contributed by atoms with Crippen molar-refractivity contribution in [3.8, 4) is 0 Å². The number of fused-ring (bicyclic) bond motifs is 1. The summed E-state index contributed by atoms with van der Waals surface area (Å²) in [6, 6.07) is 3.46. The van der Waals surface area contributed by atoms with Crippen LogP contribution in [0.4, 0.5) is 11.6 Å². The molecule has 4 heterocycles. The lowest BCUT2D eigenvalue weighted by Crippen LogP contribution is -2.47. The van der Waals surface area contributed by atoms with Crippen molar-refractivity contribution in [3.05, 3.63) is 40.2 Å². The van der Waals surface area contributed by atoms with Crippen LogP contribution in [0.1, 0.15) is 26.6 Å². The standard InChI is InChI=1S/C20H25N7OS.2ClH/c1-12-13(2)29-20-16(12)19(24-15(25-20)5-6-21)27-10-8-26(9-11-27)18-14(17(22)28)4-3-7-23-18;;/h3-4,7H,5-6,8-11,21H2,1-2H3,(H2,22,28);2*1H. The molecule has 4 rings (SSSR count). The van der Waals surface area contributed by atoms with Crippen LogP contribution in [0.3, 0.4) is 0 Å². The highest BCUT2D eigenvalue weighted by atomic mass is 35.5. The Kier molecular flexibility index (Phi) is 8.41. The number of nitrogens with zero attached hydrogens (tertiary/aromatic N) is 5. The molecule has 0 unspecified atom stereocenters. The maximum Gasteiger partial charge on any atom is 0.252 e. The number of hydrogen-bond donors (Lipinski definition) is 2. The molecule has 1 aliphatic heterocycles. The van der Waals surface area contributed by atoms with Crippen molar-refractivity contribution in [2.45, 2.75) is 20.3 Å². The van der Waals surface area contributed by atoms with E-state index >= 15 is 0 Å². The predicted molar refractivity (Wildman–Crippen MR) is 131 cm³/mol. The number of amides is 1. The highest BCUT2D eigenvalue weighted by Crippen LogP contribution is 2.35. The Balaban J connectivity index is 0.00000171. The molecule has 0 radical (unpaired) electrons. The van der Waals surface area contributed by atoms with Gasteiger partial charge in [-0.05, 0) is 38.1 Å². The summed E-state index contributed by atoms with van der Waals surface area (Å²) < 4.78 is 0. The molecule has 3 aromatic heterocycles. The molecule has 1 amide bonds. The smallest absolute Gasteiger partial charge is 0.252 e. The lowest BCUT2D eigenvalue weighted by atomic mass is 10.1. The second-order valence-electron chi connectivity index (χ2n) is 7.18. The van der Waals surface area contributed by atoms with Gasteiger partial charge in [-0.1, -0.05) is 0 Å². The molecule has 0 aromatic carbocycles. The number of aromatic nitrogens is 3. The molecule has 0 spiro atoms. The average molecular weight is 484 g/mol. The molecule has 0 bridgehead atoms. The SMILES string of the molecule is Cc1sc2nc(CCN)nc(N3CCN(c4ncccc4C(N)=O)CC3)c2c1C.Cl.Cl. The predicted octanol–water partition coefficient (Wildman–Crippen LogP) is 2.47. The first kappa shape index (κ1) is 25.1. The first-order valence-electron chi connectivity index (χ1n) is 9.71. The molecule has 1 fully saturated rings. The van der Waals surface area contributed by atoms with E-state index in [1.54, 1.807) is 29.7 Å². The Bertz CT molecular complexity index is 1070. The van der Waals surface area contributed by atoms with Crippen molar-refractivity contribution in [2.24, 2.45) is 11.5 Å². The quantitative estimate of drug-likeness (QED) is 0.572. The van der Waals surface area contributed by atoms with E-state index < -0.39 is 5.91 Å². The summed E-state index contributed by atoms with van der Waals surface area (Å²) in [5.41, 5.74) is 13.0. The molecule has 0 saturated carbocycles. The molecular formula is C20H27Cl2N7OS. The molecule has 3 aromatic rings. The number of thiophene rings is 1. The van der Waals surface area contributed by atoms with Gasteiger partial charge in [-0.3, -0.25) is 4.79 Å². The van der Waals surface area contributed by atoms with Gasteiger partial charge in [0.05, 0.1) is 10.9 Å². The van der Waals surface area contributed by atoms with Crippen LogP contribution in [0.2, 0.25) is 0 Å². The fourth-order valence-electron chi connectivity index (χ4n) is 3.71. The number of anilines is 2. The van der Waals surface area contributed by atoms with E-state index in [-0.39, 0.29) is 24.8 Å². The fourth-order valence-corrected chi connectivity index (χ4v) is 4.76. The third-order valence-corrected chi connectivity index (χ3v) is 6.46. The molecule has 1 saturated heterocycles. The van der Waals surface area contributed by atoms with Crippen molar-refractivity contribution in [3.63, 3.8) is 0 Å².